The van der Waals surface area contributed by atoms with Crippen LogP contribution in [0.3, 0.4) is 0 Å². The van der Waals surface area contributed by atoms with Gasteiger partial charge in [-0.05, 0) is 49.0 Å². The number of benzene rings is 1. The van der Waals surface area contributed by atoms with Gasteiger partial charge in [-0.3, -0.25) is 14.5 Å². The quantitative estimate of drug-likeness (QED) is 0.762. The Morgan fingerprint density at radius 3 is 2.89 bits per heavy atom. The Kier molecular flexibility index (Phi) is 6.34. The average molecular weight is 423 g/mol. The third-order valence-corrected chi connectivity index (χ3v) is 5.63. The summed E-state index contributed by atoms with van der Waals surface area (Å²) in [7, 11) is 0. The lowest BCUT2D eigenvalue weighted by Crippen LogP contribution is -2.43. The lowest BCUT2D eigenvalue weighted by Gasteiger charge is -2.23. The van der Waals surface area contributed by atoms with E-state index in [0.29, 0.717) is 39.3 Å². The lowest BCUT2D eigenvalue weighted by molar-refractivity contribution is -0.122. The molecule has 2 amide bonds. The highest BCUT2D eigenvalue weighted by Crippen LogP contribution is 2.27. The van der Waals surface area contributed by atoms with E-state index < -0.39 is 6.04 Å². The van der Waals surface area contributed by atoms with E-state index in [1.807, 2.05) is 11.0 Å². The molecule has 0 aliphatic carbocycles. The largest absolute Gasteiger partial charge is 0.323 e. The van der Waals surface area contributed by atoms with Gasteiger partial charge in [-0.1, -0.05) is 23.2 Å². The van der Waals surface area contributed by atoms with Gasteiger partial charge in [0.15, 0.2) is 0 Å². The number of amides is 2. The van der Waals surface area contributed by atoms with Gasteiger partial charge in [0.1, 0.15) is 11.1 Å². The molecule has 3 rings (SSSR count). The summed E-state index contributed by atoms with van der Waals surface area (Å²) in [5.41, 5.74) is 0.877. The summed E-state index contributed by atoms with van der Waals surface area (Å²) in [6, 6.07) is 8.12. The number of rotatable bonds is 5. The van der Waals surface area contributed by atoms with E-state index >= 15 is 0 Å². The third kappa shape index (κ3) is 4.79. The molecule has 140 valence electrons. The predicted molar refractivity (Wildman–Crippen MR) is 107 cm³/mol. The van der Waals surface area contributed by atoms with Crippen LogP contribution in [0.15, 0.2) is 29.6 Å². The van der Waals surface area contributed by atoms with E-state index in [2.05, 4.69) is 10.6 Å². The fourth-order valence-electron chi connectivity index (χ4n) is 2.97. The number of nitriles is 1. The minimum absolute atomic E-state index is 0.0735. The topological polar surface area (TPSA) is 85.2 Å². The standard InChI is InChI=1S/C18H16Cl2N4O2S/c19-12-3-4-13(20)14(8-12)22-17(26)15-2-1-6-24(15)10-16(25)23-18-11(9-21)5-7-27-18/h3-5,7-8,15H,1-2,6,10H2,(H,22,26)(H,23,25)/t15-/m1/s1. The molecule has 1 saturated heterocycles. The van der Waals surface area contributed by atoms with Gasteiger partial charge >= 0.3 is 0 Å². The zero-order valence-corrected chi connectivity index (χ0v) is 16.5. The first-order chi connectivity index (χ1) is 13.0. The number of likely N-dealkylation sites (tertiary alicyclic amines) is 1. The van der Waals surface area contributed by atoms with Crippen LogP contribution in [-0.2, 0) is 9.59 Å². The molecule has 2 N–H and O–H groups in total. The zero-order valence-electron chi connectivity index (χ0n) is 14.2. The molecule has 1 aliphatic rings. The Bertz CT molecular complexity index is 909. The maximum absolute atomic E-state index is 12.7. The molecule has 1 aliphatic heterocycles. The third-order valence-electron chi connectivity index (χ3n) is 4.24. The predicted octanol–water partition coefficient (Wildman–Crippen LogP) is 3.97. The molecule has 0 radical (unpaired) electrons. The molecule has 1 aromatic heterocycles. The van der Waals surface area contributed by atoms with Crippen molar-refractivity contribution in [3.05, 3.63) is 45.3 Å². The van der Waals surface area contributed by atoms with Crippen LogP contribution in [-0.4, -0.2) is 35.8 Å². The van der Waals surface area contributed by atoms with Crippen LogP contribution in [0.5, 0.6) is 0 Å². The molecule has 1 fully saturated rings. The fourth-order valence-corrected chi connectivity index (χ4v) is 4.06. The molecule has 0 unspecified atom stereocenters. The van der Waals surface area contributed by atoms with Crippen LogP contribution in [0.2, 0.25) is 10.0 Å². The van der Waals surface area contributed by atoms with Gasteiger partial charge in [0.2, 0.25) is 11.8 Å². The number of nitrogens with zero attached hydrogens (tertiary/aromatic N) is 2. The van der Waals surface area contributed by atoms with Gasteiger partial charge in [0, 0.05) is 5.02 Å². The Hall–Kier alpha value is -2.11. The van der Waals surface area contributed by atoms with E-state index in [9.17, 15) is 9.59 Å². The summed E-state index contributed by atoms with van der Waals surface area (Å²) in [6.45, 7) is 0.717. The SMILES string of the molecule is N#Cc1ccsc1NC(=O)CN1CCC[C@@H]1C(=O)Nc1cc(Cl)ccc1Cl. The van der Waals surface area contributed by atoms with Crippen LogP contribution in [0.4, 0.5) is 10.7 Å². The molecule has 2 heterocycles. The Labute approximate surface area is 170 Å². The monoisotopic (exact) mass is 422 g/mol. The van der Waals surface area contributed by atoms with Gasteiger partial charge in [-0.2, -0.15) is 5.26 Å². The Balaban J connectivity index is 1.62. The van der Waals surface area contributed by atoms with Gasteiger partial charge < -0.3 is 10.6 Å². The molecule has 9 heteroatoms. The van der Waals surface area contributed by atoms with Crippen LogP contribution >= 0.6 is 34.5 Å². The molecule has 1 atom stereocenters. The summed E-state index contributed by atoms with van der Waals surface area (Å²) >= 11 is 13.3. The molecule has 0 bridgehead atoms. The number of thiophene rings is 1. The summed E-state index contributed by atoms with van der Waals surface area (Å²) in [4.78, 5) is 26.8. The van der Waals surface area contributed by atoms with Crippen molar-refractivity contribution in [2.24, 2.45) is 0 Å². The van der Waals surface area contributed by atoms with Gasteiger partial charge in [0.05, 0.1) is 28.9 Å². The first-order valence-corrected chi connectivity index (χ1v) is 9.89. The highest BCUT2D eigenvalue weighted by Gasteiger charge is 2.32. The van der Waals surface area contributed by atoms with E-state index in [-0.39, 0.29) is 18.4 Å². The second kappa shape index (κ2) is 8.72. The molecule has 0 spiro atoms. The Morgan fingerprint density at radius 1 is 1.30 bits per heavy atom. The first-order valence-electron chi connectivity index (χ1n) is 8.25. The van der Waals surface area contributed by atoms with Gasteiger partial charge in [-0.25, -0.2) is 0 Å². The second-order valence-electron chi connectivity index (χ2n) is 6.07. The summed E-state index contributed by atoms with van der Waals surface area (Å²) in [5, 5.41) is 17.7. The number of carbonyl (C=O) groups is 2. The van der Waals surface area contributed by atoms with Crippen molar-refractivity contribution in [1.82, 2.24) is 4.90 Å². The van der Waals surface area contributed by atoms with Crippen molar-refractivity contribution in [3.8, 4) is 6.07 Å². The van der Waals surface area contributed by atoms with Crippen molar-refractivity contribution >= 4 is 57.0 Å². The number of anilines is 2. The van der Waals surface area contributed by atoms with Gasteiger partial charge in [-0.15, -0.1) is 11.3 Å². The lowest BCUT2D eigenvalue weighted by atomic mass is 10.2. The molecule has 2 aromatic rings. The normalized spacial score (nSPS) is 16.7. The molecule has 27 heavy (non-hydrogen) atoms. The number of hydrogen-bond donors (Lipinski definition) is 2. The number of halogens is 2. The number of nitrogens with one attached hydrogen (secondary N) is 2. The van der Waals surface area contributed by atoms with Crippen molar-refractivity contribution < 1.29 is 9.59 Å². The average Bonchev–Trinajstić information content (AvgIpc) is 3.27. The summed E-state index contributed by atoms with van der Waals surface area (Å²) in [6.07, 6.45) is 1.47. The minimum atomic E-state index is -0.426. The van der Waals surface area contributed by atoms with Crippen molar-refractivity contribution in [2.45, 2.75) is 18.9 Å². The van der Waals surface area contributed by atoms with Crippen molar-refractivity contribution in [2.75, 3.05) is 23.7 Å². The van der Waals surface area contributed by atoms with E-state index in [0.717, 1.165) is 6.42 Å². The highest BCUT2D eigenvalue weighted by molar-refractivity contribution is 7.14. The molecular weight excluding hydrogens is 407 g/mol. The zero-order chi connectivity index (χ0) is 19.4. The second-order valence-corrected chi connectivity index (χ2v) is 7.83. The van der Waals surface area contributed by atoms with Crippen LogP contribution in [0.25, 0.3) is 0 Å². The van der Waals surface area contributed by atoms with E-state index in [1.165, 1.54) is 11.3 Å². The maximum atomic E-state index is 12.7. The fraction of sp³-hybridized carbons (Fsp3) is 0.278. The number of carbonyl (C=O) groups excluding carboxylic acids is 2. The first kappa shape index (κ1) is 19.6. The minimum Gasteiger partial charge on any atom is -0.323 e. The van der Waals surface area contributed by atoms with Crippen molar-refractivity contribution in [1.29, 1.82) is 5.26 Å². The van der Waals surface area contributed by atoms with E-state index in [1.54, 1.807) is 29.6 Å². The molecule has 0 saturated carbocycles. The Morgan fingerprint density at radius 2 is 2.11 bits per heavy atom. The van der Waals surface area contributed by atoms with E-state index in [4.69, 9.17) is 28.5 Å². The van der Waals surface area contributed by atoms with Gasteiger partial charge in [0.25, 0.3) is 0 Å². The molecule has 1 aromatic carbocycles. The van der Waals surface area contributed by atoms with Crippen molar-refractivity contribution in [3.63, 3.8) is 0 Å². The number of hydrogen-bond acceptors (Lipinski definition) is 5. The van der Waals surface area contributed by atoms with Crippen LogP contribution in [0.1, 0.15) is 18.4 Å². The van der Waals surface area contributed by atoms with Crippen LogP contribution < -0.4 is 10.6 Å². The molecular formula is C18H16Cl2N4O2S. The summed E-state index contributed by atoms with van der Waals surface area (Å²) in [5.74, 6) is -0.479. The highest BCUT2D eigenvalue weighted by atomic mass is 35.5. The maximum Gasteiger partial charge on any atom is 0.241 e. The molecule has 6 nitrogen and oxygen atoms in total. The van der Waals surface area contributed by atoms with Crippen LogP contribution in [0, 0.1) is 11.3 Å². The smallest absolute Gasteiger partial charge is 0.241 e. The summed E-state index contributed by atoms with van der Waals surface area (Å²) < 4.78 is 0.